The lowest BCUT2D eigenvalue weighted by Crippen LogP contribution is -2.18. The summed E-state index contributed by atoms with van der Waals surface area (Å²) in [7, 11) is 0. The fraction of sp³-hybridized carbons (Fsp3) is 0.0417. The second-order valence-corrected chi connectivity index (χ2v) is 7.10. The summed E-state index contributed by atoms with van der Waals surface area (Å²) in [5.74, 6) is 0.893. The second-order valence-electron chi connectivity index (χ2n) is 7.10. The van der Waals surface area contributed by atoms with E-state index >= 15 is 0 Å². The van der Waals surface area contributed by atoms with Crippen LogP contribution in [-0.2, 0) is 0 Å². The highest BCUT2D eigenvalue weighted by atomic mass is 16.3. The van der Waals surface area contributed by atoms with Gasteiger partial charge in [0.1, 0.15) is 0 Å². The maximum atomic E-state index is 6.22. The molecule has 0 atom stereocenters. The average molecular weight is 377 g/mol. The van der Waals surface area contributed by atoms with Crippen LogP contribution in [0.2, 0.25) is 0 Å². The van der Waals surface area contributed by atoms with E-state index < -0.39 is 0 Å². The highest BCUT2D eigenvalue weighted by molar-refractivity contribution is 6.10. The molecular formula is C24H17N4O. The van der Waals surface area contributed by atoms with Crippen molar-refractivity contribution in [2.75, 3.05) is 9.80 Å². The van der Waals surface area contributed by atoms with Crippen molar-refractivity contribution >= 4 is 44.9 Å². The Labute approximate surface area is 167 Å². The third-order valence-electron chi connectivity index (χ3n) is 5.35. The van der Waals surface area contributed by atoms with Gasteiger partial charge in [0.2, 0.25) is 5.71 Å². The number of aromatic nitrogens is 2. The monoisotopic (exact) mass is 377 g/mol. The van der Waals surface area contributed by atoms with Gasteiger partial charge in [0.05, 0.1) is 11.4 Å². The molecule has 3 aromatic heterocycles. The van der Waals surface area contributed by atoms with Crippen LogP contribution in [0.25, 0.3) is 22.1 Å². The predicted molar refractivity (Wildman–Crippen MR) is 116 cm³/mol. The lowest BCUT2D eigenvalue weighted by Gasteiger charge is -2.22. The first-order valence-corrected chi connectivity index (χ1v) is 9.51. The van der Waals surface area contributed by atoms with Gasteiger partial charge in [0.15, 0.2) is 18.1 Å². The first-order valence-electron chi connectivity index (χ1n) is 9.51. The summed E-state index contributed by atoms with van der Waals surface area (Å²) in [6.07, 6.45) is 3.58. The summed E-state index contributed by atoms with van der Waals surface area (Å²) in [5, 5.41) is 2.08. The first-order chi connectivity index (χ1) is 14.3. The maximum Gasteiger partial charge on any atom is 0.227 e. The van der Waals surface area contributed by atoms with Crippen molar-refractivity contribution in [3.05, 3.63) is 91.4 Å². The molecule has 0 amide bonds. The molecule has 0 bridgehead atoms. The Morgan fingerprint density at radius 3 is 2.48 bits per heavy atom. The number of benzene rings is 2. The fourth-order valence-corrected chi connectivity index (χ4v) is 4.01. The smallest absolute Gasteiger partial charge is 0.227 e. The van der Waals surface area contributed by atoms with Gasteiger partial charge in [-0.15, -0.1) is 0 Å². The molecule has 29 heavy (non-hydrogen) atoms. The molecule has 0 unspecified atom stereocenters. The molecule has 5 heteroatoms. The largest absolute Gasteiger partial charge is 0.435 e. The molecule has 0 spiro atoms. The number of rotatable bonds is 2. The number of aryl methyl sites for hydroxylation is 1. The van der Waals surface area contributed by atoms with Gasteiger partial charge < -0.3 is 9.32 Å². The molecule has 1 radical (unpaired) electrons. The molecule has 0 saturated carbocycles. The topological polar surface area (TPSA) is 45.4 Å². The second kappa shape index (κ2) is 6.07. The molecular weight excluding hydrogens is 360 g/mol. The molecule has 0 saturated heterocycles. The zero-order valence-electron chi connectivity index (χ0n) is 15.8. The molecule has 4 heterocycles. The summed E-state index contributed by atoms with van der Waals surface area (Å²) in [6.45, 7) is 4.18. The van der Waals surface area contributed by atoms with Crippen molar-refractivity contribution in [3.8, 4) is 0 Å². The van der Waals surface area contributed by atoms with Gasteiger partial charge >= 0.3 is 0 Å². The molecule has 1 aliphatic heterocycles. The van der Waals surface area contributed by atoms with Gasteiger partial charge in [0.25, 0.3) is 0 Å². The minimum atomic E-state index is 0.653. The number of furan rings is 1. The van der Waals surface area contributed by atoms with Gasteiger partial charge in [0, 0.05) is 28.9 Å². The van der Waals surface area contributed by atoms with Gasteiger partial charge in [-0.05, 0) is 48.9 Å². The van der Waals surface area contributed by atoms with Crippen LogP contribution in [0.1, 0.15) is 5.56 Å². The number of hydrogen-bond acceptors (Lipinski definition) is 5. The Kier molecular flexibility index (Phi) is 3.38. The van der Waals surface area contributed by atoms with Gasteiger partial charge in [-0.25, -0.2) is 9.97 Å². The van der Waals surface area contributed by atoms with Crippen molar-refractivity contribution in [1.29, 1.82) is 0 Å². The summed E-state index contributed by atoms with van der Waals surface area (Å²) >= 11 is 0. The number of anilines is 4. The van der Waals surface area contributed by atoms with E-state index in [0.29, 0.717) is 5.71 Å². The van der Waals surface area contributed by atoms with Crippen LogP contribution >= 0.6 is 0 Å². The van der Waals surface area contributed by atoms with Gasteiger partial charge in [-0.1, -0.05) is 30.3 Å². The molecule has 5 aromatic rings. The van der Waals surface area contributed by atoms with E-state index in [1.807, 2.05) is 42.6 Å². The van der Waals surface area contributed by atoms with Crippen LogP contribution in [0.3, 0.4) is 0 Å². The molecule has 2 aromatic carbocycles. The number of hydrogen-bond donors (Lipinski definition) is 0. The van der Waals surface area contributed by atoms with Gasteiger partial charge in [-0.3, -0.25) is 4.90 Å². The van der Waals surface area contributed by atoms with Crippen LogP contribution < -0.4 is 9.80 Å². The Bertz CT molecular complexity index is 1360. The Morgan fingerprint density at radius 2 is 1.59 bits per heavy atom. The minimum Gasteiger partial charge on any atom is -0.435 e. The van der Waals surface area contributed by atoms with E-state index in [9.17, 15) is 0 Å². The molecule has 0 N–H and O–H groups in total. The highest BCUT2D eigenvalue weighted by Gasteiger charge is 2.32. The van der Waals surface area contributed by atoms with Crippen LogP contribution in [0, 0.1) is 13.6 Å². The standard InChI is InChI=1S/C24H17N4O/c1-16-11-12-18-19-9-5-14-26-24(19)29-22(18)21(16)28-15-27(17-7-3-2-4-8-17)23-20(28)10-6-13-25-23/h2-15H,1H3. The summed E-state index contributed by atoms with van der Waals surface area (Å²) in [5.41, 5.74) is 5.69. The minimum absolute atomic E-state index is 0.653. The summed E-state index contributed by atoms with van der Waals surface area (Å²) < 4.78 is 6.22. The zero-order valence-corrected chi connectivity index (χ0v) is 15.8. The predicted octanol–water partition coefficient (Wildman–Crippen LogP) is 6.09. The first kappa shape index (κ1) is 16.1. The van der Waals surface area contributed by atoms with Crippen molar-refractivity contribution < 1.29 is 4.42 Å². The number of pyridine rings is 2. The van der Waals surface area contributed by atoms with Crippen LogP contribution in [0.15, 0.2) is 83.5 Å². The van der Waals surface area contributed by atoms with E-state index in [2.05, 4.69) is 63.7 Å². The fourth-order valence-electron chi connectivity index (χ4n) is 4.01. The van der Waals surface area contributed by atoms with Crippen LogP contribution in [-0.4, -0.2) is 9.97 Å². The van der Waals surface area contributed by atoms with E-state index in [0.717, 1.165) is 44.8 Å². The number of fused-ring (bicyclic) bond motifs is 4. The van der Waals surface area contributed by atoms with E-state index in [4.69, 9.17) is 4.42 Å². The molecule has 5 nitrogen and oxygen atoms in total. The van der Waals surface area contributed by atoms with Crippen molar-refractivity contribution in [2.45, 2.75) is 6.92 Å². The molecule has 0 fully saturated rings. The Morgan fingerprint density at radius 1 is 0.759 bits per heavy atom. The van der Waals surface area contributed by atoms with Crippen LogP contribution in [0.4, 0.5) is 22.9 Å². The lowest BCUT2D eigenvalue weighted by atomic mass is 10.1. The molecule has 6 rings (SSSR count). The van der Waals surface area contributed by atoms with Crippen molar-refractivity contribution in [2.24, 2.45) is 0 Å². The SMILES string of the molecule is Cc1ccc2c(oc3ncccc32)c1N1[CH]N(c2ccccc2)c2ncccc21. The Balaban J connectivity index is 1.59. The van der Waals surface area contributed by atoms with Crippen LogP contribution in [0.5, 0.6) is 0 Å². The van der Waals surface area contributed by atoms with E-state index in [1.54, 1.807) is 6.20 Å². The van der Waals surface area contributed by atoms with E-state index in [1.165, 1.54) is 0 Å². The lowest BCUT2D eigenvalue weighted by molar-refractivity contribution is 0.653. The van der Waals surface area contributed by atoms with Crippen molar-refractivity contribution in [1.82, 2.24) is 9.97 Å². The zero-order chi connectivity index (χ0) is 19.4. The maximum absolute atomic E-state index is 6.22. The number of para-hydroxylation sites is 1. The third-order valence-corrected chi connectivity index (χ3v) is 5.35. The van der Waals surface area contributed by atoms with Crippen molar-refractivity contribution in [3.63, 3.8) is 0 Å². The normalized spacial score (nSPS) is 13.4. The molecule has 0 aliphatic carbocycles. The van der Waals surface area contributed by atoms with E-state index in [-0.39, 0.29) is 0 Å². The number of nitrogens with zero attached hydrogens (tertiary/aromatic N) is 4. The molecule has 1 aliphatic rings. The summed E-state index contributed by atoms with van der Waals surface area (Å²) in [4.78, 5) is 13.3. The summed E-state index contributed by atoms with van der Waals surface area (Å²) in [6, 6.07) is 22.5. The quantitative estimate of drug-likeness (QED) is 0.372. The Hall–Kier alpha value is -3.86. The molecule has 139 valence electrons. The average Bonchev–Trinajstić information content (AvgIpc) is 3.33. The third kappa shape index (κ3) is 2.34. The van der Waals surface area contributed by atoms with Gasteiger partial charge in [-0.2, -0.15) is 0 Å². The highest BCUT2D eigenvalue weighted by Crippen LogP contribution is 2.48.